The first-order chi connectivity index (χ1) is 7.78. The normalized spacial score (nSPS) is 15.6. The van der Waals surface area contributed by atoms with E-state index in [0.29, 0.717) is 5.76 Å². The molecule has 2 nitrogen and oxygen atoms in total. The summed E-state index contributed by atoms with van der Waals surface area (Å²) in [4.78, 5) is 11.8. The van der Waals surface area contributed by atoms with Gasteiger partial charge in [0.2, 0.25) is 5.78 Å². The second-order valence-corrected chi connectivity index (χ2v) is 4.47. The van der Waals surface area contributed by atoms with Crippen molar-refractivity contribution in [3.05, 3.63) is 35.6 Å². The van der Waals surface area contributed by atoms with E-state index in [4.69, 9.17) is 4.42 Å². The monoisotopic (exact) mass is 214 g/mol. The van der Waals surface area contributed by atoms with E-state index >= 15 is 0 Å². The number of carbonyl (C=O) groups is 1. The van der Waals surface area contributed by atoms with Gasteiger partial charge in [-0.05, 0) is 43.0 Å². The van der Waals surface area contributed by atoms with Crippen molar-refractivity contribution < 1.29 is 9.21 Å². The molecule has 1 aliphatic carbocycles. The second-order valence-electron chi connectivity index (χ2n) is 4.47. The molecule has 0 unspecified atom stereocenters. The summed E-state index contributed by atoms with van der Waals surface area (Å²) in [6, 6.07) is 7.99. The van der Waals surface area contributed by atoms with Crippen LogP contribution in [-0.2, 0) is 6.42 Å². The maximum atomic E-state index is 11.8. The second kappa shape index (κ2) is 3.48. The van der Waals surface area contributed by atoms with Gasteiger partial charge in [0.25, 0.3) is 0 Å². The number of carbonyl (C=O) groups excluding carboxylic acids is 1. The summed E-state index contributed by atoms with van der Waals surface area (Å²) in [5, 5.41) is 1.04. The van der Waals surface area contributed by atoms with Crippen molar-refractivity contribution in [3.63, 3.8) is 0 Å². The van der Waals surface area contributed by atoms with Crippen LogP contribution in [0.25, 0.3) is 11.0 Å². The highest BCUT2D eigenvalue weighted by Crippen LogP contribution is 2.34. The lowest BCUT2D eigenvalue weighted by molar-refractivity contribution is 0.0942. The van der Waals surface area contributed by atoms with Gasteiger partial charge in [0, 0.05) is 11.3 Å². The Morgan fingerprint density at radius 1 is 1.38 bits per heavy atom. The van der Waals surface area contributed by atoms with E-state index in [-0.39, 0.29) is 11.7 Å². The van der Waals surface area contributed by atoms with Crippen LogP contribution in [0.15, 0.2) is 28.7 Å². The van der Waals surface area contributed by atoms with Gasteiger partial charge in [0.15, 0.2) is 5.76 Å². The number of hydrogen-bond donors (Lipinski definition) is 0. The van der Waals surface area contributed by atoms with Crippen molar-refractivity contribution >= 4 is 16.8 Å². The molecule has 1 aromatic heterocycles. The van der Waals surface area contributed by atoms with Crippen LogP contribution in [0.2, 0.25) is 0 Å². The van der Waals surface area contributed by atoms with E-state index in [9.17, 15) is 4.79 Å². The number of hydrogen-bond acceptors (Lipinski definition) is 2. The van der Waals surface area contributed by atoms with Crippen molar-refractivity contribution in [2.75, 3.05) is 0 Å². The quantitative estimate of drug-likeness (QED) is 0.731. The van der Waals surface area contributed by atoms with E-state index in [1.807, 2.05) is 12.1 Å². The molecular formula is C14H14O2. The summed E-state index contributed by atoms with van der Waals surface area (Å²) in [5.41, 5.74) is 2.10. The molecule has 0 radical (unpaired) electrons. The van der Waals surface area contributed by atoms with Crippen molar-refractivity contribution in [2.24, 2.45) is 5.92 Å². The molecule has 1 saturated carbocycles. The van der Waals surface area contributed by atoms with Crippen molar-refractivity contribution in [3.8, 4) is 0 Å². The van der Waals surface area contributed by atoms with Gasteiger partial charge >= 0.3 is 0 Å². The third-order valence-corrected chi connectivity index (χ3v) is 3.18. The van der Waals surface area contributed by atoms with Gasteiger partial charge in [-0.3, -0.25) is 4.79 Å². The molecule has 1 aromatic carbocycles. The Morgan fingerprint density at radius 3 is 2.88 bits per heavy atom. The molecule has 3 rings (SSSR count). The molecule has 2 heteroatoms. The topological polar surface area (TPSA) is 30.2 Å². The molecule has 1 heterocycles. The first-order valence-electron chi connectivity index (χ1n) is 5.84. The van der Waals surface area contributed by atoms with Crippen LogP contribution in [0.1, 0.15) is 35.9 Å². The number of furan rings is 1. The minimum absolute atomic E-state index is 0.175. The van der Waals surface area contributed by atoms with E-state index < -0.39 is 0 Å². The molecule has 1 fully saturated rings. The van der Waals surface area contributed by atoms with Gasteiger partial charge < -0.3 is 4.42 Å². The van der Waals surface area contributed by atoms with Gasteiger partial charge in [0.05, 0.1) is 0 Å². The Morgan fingerprint density at radius 2 is 2.19 bits per heavy atom. The molecule has 0 N–H and O–H groups in total. The Bertz CT molecular complexity index is 547. The Hall–Kier alpha value is -1.57. The van der Waals surface area contributed by atoms with Crippen molar-refractivity contribution in [1.29, 1.82) is 0 Å². The van der Waals surface area contributed by atoms with Crippen LogP contribution in [0, 0.1) is 5.92 Å². The highest BCUT2D eigenvalue weighted by atomic mass is 16.3. The van der Waals surface area contributed by atoms with Crippen LogP contribution in [0.4, 0.5) is 0 Å². The van der Waals surface area contributed by atoms with Crippen LogP contribution in [0.5, 0.6) is 0 Å². The summed E-state index contributed by atoms with van der Waals surface area (Å²) in [6.07, 6.45) is 3.05. The minimum atomic E-state index is 0.175. The lowest BCUT2D eigenvalue weighted by Crippen LogP contribution is -1.98. The molecule has 0 saturated heterocycles. The maximum Gasteiger partial charge on any atom is 0.201 e. The van der Waals surface area contributed by atoms with Crippen LogP contribution in [0.3, 0.4) is 0 Å². The van der Waals surface area contributed by atoms with Crippen molar-refractivity contribution in [2.45, 2.75) is 26.2 Å². The molecule has 0 amide bonds. The largest absolute Gasteiger partial charge is 0.453 e. The Balaban J connectivity index is 2.04. The third-order valence-electron chi connectivity index (χ3n) is 3.18. The highest BCUT2D eigenvalue weighted by molar-refractivity contribution is 6.00. The average Bonchev–Trinajstić information content (AvgIpc) is 3.06. The van der Waals surface area contributed by atoms with E-state index in [2.05, 4.69) is 19.1 Å². The summed E-state index contributed by atoms with van der Waals surface area (Å²) in [6.45, 7) is 2.12. The fourth-order valence-electron chi connectivity index (χ4n) is 1.98. The average molecular weight is 214 g/mol. The number of rotatable bonds is 3. The standard InChI is InChI=1S/C14H14O2/c1-2-9-3-6-12-11(7-9)8-13(16-12)14(15)10-4-5-10/h3,6-8,10H,2,4-5H2,1H3. The predicted molar refractivity (Wildman–Crippen MR) is 62.6 cm³/mol. The first-order valence-corrected chi connectivity index (χ1v) is 5.84. The lowest BCUT2D eigenvalue weighted by atomic mass is 10.1. The Labute approximate surface area is 94.3 Å². The van der Waals surface area contributed by atoms with Crippen molar-refractivity contribution in [1.82, 2.24) is 0 Å². The number of fused-ring (bicyclic) bond motifs is 1. The first kappa shape index (κ1) is 9.64. The molecular weight excluding hydrogens is 200 g/mol. The van der Waals surface area contributed by atoms with E-state index in [0.717, 1.165) is 30.2 Å². The SMILES string of the molecule is CCc1ccc2oc(C(=O)C3CC3)cc2c1. The number of Topliss-reactive ketones (excluding diaryl/α,β-unsaturated/α-hetero) is 1. The third kappa shape index (κ3) is 1.54. The van der Waals surface area contributed by atoms with Gasteiger partial charge in [-0.25, -0.2) is 0 Å². The number of ketones is 1. The molecule has 16 heavy (non-hydrogen) atoms. The zero-order valence-corrected chi connectivity index (χ0v) is 9.32. The van der Waals surface area contributed by atoms with Gasteiger partial charge in [-0.15, -0.1) is 0 Å². The van der Waals surface area contributed by atoms with Gasteiger partial charge in [-0.1, -0.05) is 13.0 Å². The Kier molecular flexibility index (Phi) is 2.10. The van der Waals surface area contributed by atoms with Crippen LogP contribution < -0.4 is 0 Å². The fourth-order valence-corrected chi connectivity index (χ4v) is 1.98. The summed E-state index contributed by atoms with van der Waals surface area (Å²) in [7, 11) is 0. The molecule has 0 aliphatic heterocycles. The zero-order valence-electron chi connectivity index (χ0n) is 9.32. The summed E-state index contributed by atoms with van der Waals surface area (Å²) < 4.78 is 5.58. The summed E-state index contributed by atoms with van der Waals surface area (Å²) >= 11 is 0. The van der Waals surface area contributed by atoms with Gasteiger partial charge in [-0.2, -0.15) is 0 Å². The van der Waals surface area contributed by atoms with E-state index in [1.165, 1.54) is 5.56 Å². The fraction of sp³-hybridized carbons (Fsp3) is 0.357. The highest BCUT2D eigenvalue weighted by Gasteiger charge is 2.32. The minimum Gasteiger partial charge on any atom is -0.453 e. The number of benzene rings is 1. The molecule has 2 aromatic rings. The molecule has 82 valence electrons. The van der Waals surface area contributed by atoms with Crippen LogP contribution in [-0.4, -0.2) is 5.78 Å². The lowest BCUT2D eigenvalue weighted by Gasteiger charge is -1.93. The van der Waals surface area contributed by atoms with E-state index in [1.54, 1.807) is 0 Å². The van der Waals surface area contributed by atoms with Gasteiger partial charge in [0.1, 0.15) is 5.58 Å². The molecule has 0 bridgehead atoms. The smallest absolute Gasteiger partial charge is 0.201 e. The predicted octanol–water partition coefficient (Wildman–Crippen LogP) is 3.59. The zero-order chi connectivity index (χ0) is 11.1. The molecule has 1 aliphatic rings. The molecule has 0 atom stereocenters. The summed E-state index contributed by atoms with van der Waals surface area (Å²) in [5.74, 6) is 0.936. The van der Waals surface area contributed by atoms with Crippen LogP contribution >= 0.6 is 0 Å². The maximum absolute atomic E-state index is 11.8. The number of aryl methyl sites for hydroxylation is 1. The molecule has 0 spiro atoms.